The lowest BCUT2D eigenvalue weighted by molar-refractivity contribution is -0.0387. The van der Waals surface area contributed by atoms with Crippen LogP contribution in [0.15, 0.2) is 30.3 Å². The molecule has 0 radical (unpaired) electrons. The van der Waals surface area contributed by atoms with E-state index in [2.05, 4.69) is 17.0 Å². The summed E-state index contributed by atoms with van der Waals surface area (Å²) >= 11 is 0. The van der Waals surface area contributed by atoms with Crippen LogP contribution < -0.4 is 0 Å². The van der Waals surface area contributed by atoms with E-state index in [4.69, 9.17) is 0 Å². The molecule has 1 heterocycles. The molecule has 0 spiro atoms. The predicted octanol–water partition coefficient (Wildman–Crippen LogP) is 3.30. The van der Waals surface area contributed by atoms with Crippen LogP contribution in [0.3, 0.4) is 0 Å². The van der Waals surface area contributed by atoms with E-state index in [9.17, 15) is 5.11 Å². The fourth-order valence-electron chi connectivity index (χ4n) is 3.83. The molecule has 1 aliphatic carbocycles. The highest BCUT2D eigenvalue weighted by molar-refractivity contribution is 5.23. The summed E-state index contributed by atoms with van der Waals surface area (Å²) in [6.07, 6.45) is 8.28. The van der Waals surface area contributed by atoms with Crippen molar-refractivity contribution in [2.45, 2.75) is 56.6 Å². The van der Waals surface area contributed by atoms with Gasteiger partial charge in [0.15, 0.2) is 0 Å². The molecular weight excluding hydrogens is 234 g/mol. The Morgan fingerprint density at radius 1 is 1.00 bits per heavy atom. The average Bonchev–Trinajstić information content (AvgIpc) is 2.49. The molecule has 1 N–H and O–H groups in total. The molecule has 1 saturated heterocycles. The second-order valence-corrected chi connectivity index (χ2v) is 6.24. The maximum absolute atomic E-state index is 11.0. The largest absolute Gasteiger partial charge is 0.385 e. The van der Waals surface area contributed by atoms with Crippen molar-refractivity contribution in [3.05, 3.63) is 35.9 Å². The molecule has 104 valence electrons. The van der Waals surface area contributed by atoms with Gasteiger partial charge in [0.1, 0.15) is 0 Å². The van der Waals surface area contributed by atoms with Gasteiger partial charge in [-0.3, -0.25) is 0 Å². The van der Waals surface area contributed by atoms with Crippen LogP contribution in [0.25, 0.3) is 0 Å². The van der Waals surface area contributed by atoms with Crippen molar-refractivity contribution < 1.29 is 5.11 Å². The molecule has 2 nitrogen and oxygen atoms in total. The highest BCUT2D eigenvalue weighted by Gasteiger charge is 2.38. The van der Waals surface area contributed by atoms with Gasteiger partial charge in [0.2, 0.25) is 0 Å². The molecule has 19 heavy (non-hydrogen) atoms. The first-order valence-corrected chi connectivity index (χ1v) is 7.80. The summed E-state index contributed by atoms with van der Waals surface area (Å²) in [7, 11) is 0. The number of nitrogens with zero attached hydrogens (tertiary/aromatic N) is 1. The fraction of sp³-hybridized carbons (Fsp3) is 0.647. The first-order valence-electron chi connectivity index (χ1n) is 7.80. The van der Waals surface area contributed by atoms with Crippen LogP contribution in [-0.4, -0.2) is 29.1 Å². The molecule has 0 unspecified atom stereocenters. The van der Waals surface area contributed by atoms with E-state index in [1.807, 2.05) is 18.2 Å². The van der Waals surface area contributed by atoms with Gasteiger partial charge < -0.3 is 10.0 Å². The summed E-state index contributed by atoms with van der Waals surface area (Å²) in [6, 6.07) is 10.9. The van der Waals surface area contributed by atoms with Crippen molar-refractivity contribution in [3.63, 3.8) is 0 Å². The van der Waals surface area contributed by atoms with Gasteiger partial charge in [-0.05, 0) is 57.2 Å². The van der Waals surface area contributed by atoms with E-state index < -0.39 is 5.60 Å². The van der Waals surface area contributed by atoms with Crippen molar-refractivity contribution in [3.8, 4) is 0 Å². The SMILES string of the molecule is O[C@@]1(c2ccccc2)CCC[C@H](N2CCCCC2)C1. The van der Waals surface area contributed by atoms with Crippen LogP contribution in [-0.2, 0) is 5.60 Å². The number of piperidine rings is 1. The molecule has 0 aromatic heterocycles. The molecule has 2 atom stereocenters. The van der Waals surface area contributed by atoms with Crippen LogP contribution in [0.1, 0.15) is 50.5 Å². The van der Waals surface area contributed by atoms with Crippen molar-refractivity contribution in [2.24, 2.45) is 0 Å². The minimum Gasteiger partial charge on any atom is -0.385 e. The Balaban J connectivity index is 1.73. The Morgan fingerprint density at radius 2 is 1.74 bits per heavy atom. The van der Waals surface area contributed by atoms with Crippen LogP contribution >= 0.6 is 0 Å². The second-order valence-electron chi connectivity index (χ2n) is 6.24. The molecular formula is C17H25NO. The smallest absolute Gasteiger partial charge is 0.0911 e. The van der Waals surface area contributed by atoms with Crippen molar-refractivity contribution in [1.29, 1.82) is 0 Å². The lowest BCUT2D eigenvalue weighted by Crippen LogP contribution is -2.46. The number of benzene rings is 1. The van der Waals surface area contributed by atoms with Gasteiger partial charge in [0.25, 0.3) is 0 Å². The summed E-state index contributed by atoms with van der Waals surface area (Å²) < 4.78 is 0. The summed E-state index contributed by atoms with van der Waals surface area (Å²) in [4.78, 5) is 2.62. The third-order valence-electron chi connectivity index (χ3n) is 4.92. The normalized spacial score (nSPS) is 33.2. The van der Waals surface area contributed by atoms with Crippen LogP contribution in [0.2, 0.25) is 0 Å². The molecule has 1 saturated carbocycles. The summed E-state index contributed by atoms with van der Waals surface area (Å²) in [5.74, 6) is 0. The zero-order valence-electron chi connectivity index (χ0n) is 11.7. The van der Waals surface area contributed by atoms with Gasteiger partial charge in [0.05, 0.1) is 5.60 Å². The number of rotatable bonds is 2. The Bertz CT molecular complexity index is 399. The van der Waals surface area contributed by atoms with Crippen LogP contribution in [0.4, 0.5) is 0 Å². The number of hydrogen-bond donors (Lipinski definition) is 1. The molecule has 1 aromatic carbocycles. The lowest BCUT2D eigenvalue weighted by Gasteiger charge is -2.43. The maximum Gasteiger partial charge on any atom is 0.0911 e. The van der Waals surface area contributed by atoms with E-state index in [1.165, 1.54) is 38.8 Å². The van der Waals surface area contributed by atoms with Gasteiger partial charge >= 0.3 is 0 Å². The van der Waals surface area contributed by atoms with E-state index in [-0.39, 0.29) is 0 Å². The van der Waals surface area contributed by atoms with Gasteiger partial charge in [-0.15, -0.1) is 0 Å². The zero-order valence-corrected chi connectivity index (χ0v) is 11.7. The molecule has 0 amide bonds. The summed E-state index contributed by atoms with van der Waals surface area (Å²) in [5, 5.41) is 11.0. The molecule has 1 aromatic rings. The van der Waals surface area contributed by atoms with Gasteiger partial charge in [-0.2, -0.15) is 0 Å². The van der Waals surface area contributed by atoms with Gasteiger partial charge in [-0.1, -0.05) is 36.8 Å². The highest BCUT2D eigenvalue weighted by Crippen LogP contribution is 2.39. The molecule has 1 aliphatic heterocycles. The van der Waals surface area contributed by atoms with Crippen molar-refractivity contribution in [2.75, 3.05) is 13.1 Å². The van der Waals surface area contributed by atoms with E-state index in [1.54, 1.807) is 0 Å². The first-order chi connectivity index (χ1) is 9.28. The Hall–Kier alpha value is -0.860. The number of aliphatic hydroxyl groups is 1. The summed E-state index contributed by atoms with van der Waals surface area (Å²) in [5.41, 5.74) is 0.512. The topological polar surface area (TPSA) is 23.5 Å². The van der Waals surface area contributed by atoms with Gasteiger partial charge in [0, 0.05) is 6.04 Å². The molecule has 3 rings (SSSR count). The van der Waals surface area contributed by atoms with Gasteiger partial charge in [-0.25, -0.2) is 0 Å². The lowest BCUT2D eigenvalue weighted by atomic mass is 9.76. The average molecular weight is 259 g/mol. The minimum absolute atomic E-state index is 0.583. The van der Waals surface area contributed by atoms with E-state index in [0.717, 1.165) is 24.8 Å². The zero-order chi connectivity index (χ0) is 13.1. The Morgan fingerprint density at radius 3 is 2.47 bits per heavy atom. The maximum atomic E-state index is 11.0. The van der Waals surface area contributed by atoms with Crippen molar-refractivity contribution >= 4 is 0 Å². The molecule has 0 bridgehead atoms. The Kier molecular flexibility index (Phi) is 3.90. The van der Waals surface area contributed by atoms with Crippen LogP contribution in [0.5, 0.6) is 0 Å². The number of hydrogen-bond acceptors (Lipinski definition) is 2. The molecule has 2 aliphatic rings. The quantitative estimate of drug-likeness (QED) is 0.881. The number of likely N-dealkylation sites (tertiary alicyclic amines) is 1. The monoisotopic (exact) mass is 259 g/mol. The second kappa shape index (κ2) is 5.64. The predicted molar refractivity (Wildman–Crippen MR) is 78.0 cm³/mol. The Labute approximate surface area is 116 Å². The third kappa shape index (κ3) is 2.85. The molecule has 2 heteroatoms. The molecule has 2 fully saturated rings. The van der Waals surface area contributed by atoms with Crippen molar-refractivity contribution in [1.82, 2.24) is 4.90 Å². The minimum atomic E-state index is -0.596. The third-order valence-corrected chi connectivity index (χ3v) is 4.92. The summed E-state index contributed by atoms with van der Waals surface area (Å²) in [6.45, 7) is 2.46. The highest BCUT2D eigenvalue weighted by atomic mass is 16.3. The standard InChI is InChI=1S/C17H25NO/c19-17(15-8-3-1-4-9-15)11-7-10-16(14-17)18-12-5-2-6-13-18/h1,3-4,8-9,16,19H,2,5-7,10-14H2/t16-,17-/m0/s1. The first kappa shape index (κ1) is 13.1. The van der Waals surface area contributed by atoms with E-state index >= 15 is 0 Å². The van der Waals surface area contributed by atoms with E-state index in [0.29, 0.717) is 6.04 Å². The fourth-order valence-corrected chi connectivity index (χ4v) is 3.83. The van der Waals surface area contributed by atoms with Crippen LogP contribution in [0, 0.1) is 0 Å².